The summed E-state index contributed by atoms with van der Waals surface area (Å²) in [6, 6.07) is 3.50. The van der Waals surface area contributed by atoms with Gasteiger partial charge in [0.05, 0.1) is 11.5 Å². The average molecular weight is 475 g/mol. The molecule has 1 fully saturated rings. The van der Waals surface area contributed by atoms with Crippen LogP contribution in [-0.4, -0.2) is 43.1 Å². The number of hydrogen-bond donors (Lipinski definition) is 2. The molecule has 2 aromatic rings. The van der Waals surface area contributed by atoms with Crippen LogP contribution in [0, 0.1) is 17.6 Å². The first kappa shape index (κ1) is 24.0. The van der Waals surface area contributed by atoms with E-state index in [-0.39, 0.29) is 17.2 Å². The van der Waals surface area contributed by atoms with Crippen LogP contribution >= 0.6 is 0 Å². The predicted molar refractivity (Wildman–Crippen MR) is 107 cm³/mol. The van der Waals surface area contributed by atoms with Crippen LogP contribution in [0.2, 0.25) is 0 Å². The SMILES string of the molecule is O=C(O)[C@H](CS(=O)(=O)CC1CC1)N[C@@H](c1ccc(F)cc1)C(F)(F)Oc1ccc(F)cc1. The molecule has 0 saturated heterocycles. The first-order valence-electron chi connectivity index (χ1n) is 9.72. The standard InChI is InChI=1S/C21H21F4NO5S/c22-15-5-3-14(4-6-15)19(21(24,25)31-17-9-7-16(23)8-10-17)26-18(20(27)28)12-32(29,30)11-13-1-2-13/h3-10,13,18-19,26H,1-2,11-12H2,(H,27,28)/t18-,19-/m0/s1. The summed E-state index contributed by atoms with van der Waals surface area (Å²) in [4.78, 5) is 11.7. The Hall–Kier alpha value is -2.66. The van der Waals surface area contributed by atoms with Gasteiger partial charge in [-0.2, -0.15) is 8.78 Å². The smallest absolute Gasteiger partial charge is 0.417 e. The fraction of sp³-hybridized carbons (Fsp3) is 0.381. The topological polar surface area (TPSA) is 92.7 Å². The Kier molecular flexibility index (Phi) is 7.09. The maximum absolute atomic E-state index is 15.1. The normalized spacial score (nSPS) is 16.4. The van der Waals surface area contributed by atoms with Crippen molar-refractivity contribution >= 4 is 15.8 Å². The highest BCUT2D eigenvalue weighted by atomic mass is 32.2. The molecule has 174 valence electrons. The first-order chi connectivity index (χ1) is 14.9. The number of halogens is 4. The van der Waals surface area contributed by atoms with E-state index < -0.39 is 57.1 Å². The molecule has 0 radical (unpaired) electrons. The molecule has 0 bridgehead atoms. The molecule has 1 aliphatic rings. The van der Waals surface area contributed by atoms with Gasteiger partial charge in [0.15, 0.2) is 9.84 Å². The lowest BCUT2D eigenvalue weighted by atomic mass is 10.0. The summed E-state index contributed by atoms with van der Waals surface area (Å²) in [6.07, 6.45) is -2.68. The highest BCUT2D eigenvalue weighted by Crippen LogP contribution is 2.35. The van der Waals surface area contributed by atoms with Crippen molar-refractivity contribution in [3.63, 3.8) is 0 Å². The first-order valence-corrected chi connectivity index (χ1v) is 11.5. The summed E-state index contributed by atoms with van der Waals surface area (Å²) in [7, 11) is -3.84. The minimum Gasteiger partial charge on any atom is -0.480 e. The lowest BCUT2D eigenvalue weighted by Gasteiger charge is -2.30. The fourth-order valence-corrected chi connectivity index (χ4v) is 5.05. The van der Waals surface area contributed by atoms with Crippen LogP contribution in [-0.2, 0) is 14.6 Å². The van der Waals surface area contributed by atoms with Crippen LogP contribution in [0.1, 0.15) is 24.4 Å². The second-order valence-electron chi connectivity index (χ2n) is 7.68. The molecule has 0 aromatic heterocycles. The quantitative estimate of drug-likeness (QED) is 0.483. The second-order valence-corrected chi connectivity index (χ2v) is 9.83. The van der Waals surface area contributed by atoms with Crippen LogP contribution < -0.4 is 10.1 Å². The number of carboxylic acid groups (broad SMARTS) is 1. The van der Waals surface area contributed by atoms with Crippen molar-refractivity contribution in [3.05, 3.63) is 65.7 Å². The lowest BCUT2D eigenvalue weighted by molar-refractivity contribution is -0.202. The largest absolute Gasteiger partial charge is 0.480 e. The monoisotopic (exact) mass is 475 g/mol. The molecule has 0 unspecified atom stereocenters. The zero-order valence-corrected chi connectivity index (χ0v) is 17.5. The van der Waals surface area contributed by atoms with Gasteiger partial charge in [-0.15, -0.1) is 0 Å². The van der Waals surface area contributed by atoms with Gasteiger partial charge in [0.2, 0.25) is 0 Å². The van der Waals surface area contributed by atoms with Crippen molar-refractivity contribution in [2.75, 3.05) is 11.5 Å². The summed E-state index contributed by atoms with van der Waals surface area (Å²) >= 11 is 0. The molecular weight excluding hydrogens is 454 g/mol. The van der Waals surface area contributed by atoms with E-state index in [1.54, 1.807) is 0 Å². The van der Waals surface area contributed by atoms with Gasteiger partial charge in [-0.25, -0.2) is 17.2 Å². The zero-order valence-electron chi connectivity index (χ0n) is 16.7. The van der Waals surface area contributed by atoms with Crippen molar-refractivity contribution in [2.45, 2.75) is 31.0 Å². The predicted octanol–water partition coefficient (Wildman–Crippen LogP) is 3.55. The molecule has 2 atom stereocenters. The van der Waals surface area contributed by atoms with Crippen molar-refractivity contribution < 1.29 is 40.6 Å². The van der Waals surface area contributed by atoms with E-state index in [2.05, 4.69) is 5.32 Å². The van der Waals surface area contributed by atoms with Crippen molar-refractivity contribution in [1.82, 2.24) is 5.32 Å². The van der Waals surface area contributed by atoms with Gasteiger partial charge < -0.3 is 9.84 Å². The van der Waals surface area contributed by atoms with E-state index in [0.717, 1.165) is 48.5 Å². The summed E-state index contributed by atoms with van der Waals surface area (Å²) in [5.41, 5.74) is -0.232. The molecule has 0 aliphatic heterocycles. The molecule has 0 amide bonds. The van der Waals surface area contributed by atoms with Crippen LogP contribution in [0.3, 0.4) is 0 Å². The van der Waals surface area contributed by atoms with Gasteiger partial charge in [-0.05, 0) is 60.7 Å². The molecule has 2 aromatic carbocycles. The second kappa shape index (κ2) is 9.45. The van der Waals surface area contributed by atoms with Crippen LogP contribution in [0.4, 0.5) is 17.6 Å². The Labute approximate surface area is 182 Å². The van der Waals surface area contributed by atoms with Crippen LogP contribution in [0.15, 0.2) is 48.5 Å². The third-order valence-electron chi connectivity index (χ3n) is 4.88. The molecule has 0 spiro atoms. The van der Waals surface area contributed by atoms with Gasteiger partial charge in [0.25, 0.3) is 0 Å². The van der Waals surface area contributed by atoms with Crippen molar-refractivity contribution in [2.24, 2.45) is 5.92 Å². The number of benzene rings is 2. The molecule has 2 N–H and O–H groups in total. The highest BCUT2D eigenvalue weighted by Gasteiger charge is 2.46. The van der Waals surface area contributed by atoms with Gasteiger partial charge in [0.1, 0.15) is 29.5 Å². The maximum atomic E-state index is 15.1. The number of rotatable bonds is 11. The number of alkyl halides is 2. The number of hydrogen-bond acceptors (Lipinski definition) is 5. The summed E-state index contributed by atoms with van der Waals surface area (Å²) < 4.78 is 86.0. The Morgan fingerprint density at radius 3 is 2.09 bits per heavy atom. The number of carboxylic acids is 1. The van der Waals surface area contributed by atoms with E-state index in [4.69, 9.17) is 4.74 Å². The summed E-state index contributed by atoms with van der Waals surface area (Å²) in [5, 5.41) is 11.7. The summed E-state index contributed by atoms with van der Waals surface area (Å²) in [6.45, 7) is 0. The van der Waals surface area contributed by atoms with E-state index >= 15 is 8.78 Å². The molecule has 6 nitrogen and oxygen atoms in total. The molecule has 3 rings (SSSR count). The van der Waals surface area contributed by atoms with Crippen molar-refractivity contribution in [1.29, 1.82) is 0 Å². The van der Waals surface area contributed by atoms with Gasteiger partial charge >= 0.3 is 12.1 Å². The summed E-state index contributed by atoms with van der Waals surface area (Å²) in [5.74, 6) is -4.61. The molecule has 0 heterocycles. The molecule has 1 aliphatic carbocycles. The fourth-order valence-electron chi connectivity index (χ4n) is 3.12. The van der Waals surface area contributed by atoms with Gasteiger partial charge in [-0.3, -0.25) is 10.1 Å². The third kappa shape index (κ3) is 6.67. The third-order valence-corrected chi connectivity index (χ3v) is 6.70. The molecule has 1 saturated carbocycles. The van der Waals surface area contributed by atoms with Crippen LogP contribution in [0.25, 0.3) is 0 Å². The number of ether oxygens (including phenoxy) is 1. The molecule has 32 heavy (non-hydrogen) atoms. The minimum absolute atomic E-state index is 0.0504. The van der Waals surface area contributed by atoms with E-state index in [1.165, 1.54) is 0 Å². The average Bonchev–Trinajstić information content (AvgIpc) is 3.50. The molecule has 11 heteroatoms. The number of carbonyl (C=O) groups is 1. The van der Waals surface area contributed by atoms with E-state index in [9.17, 15) is 27.1 Å². The van der Waals surface area contributed by atoms with E-state index in [1.807, 2.05) is 0 Å². The van der Waals surface area contributed by atoms with Crippen molar-refractivity contribution in [3.8, 4) is 5.75 Å². The van der Waals surface area contributed by atoms with Gasteiger partial charge in [0, 0.05) is 0 Å². The van der Waals surface area contributed by atoms with Crippen LogP contribution in [0.5, 0.6) is 5.75 Å². The van der Waals surface area contributed by atoms with Gasteiger partial charge in [-0.1, -0.05) is 12.1 Å². The Morgan fingerprint density at radius 2 is 1.59 bits per heavy atom. The maximum Gasteiger partial charge on any atom is 0.417 e. The number of sulfone groups is 1. The number of aliphatic carboxylic acids is 1. The molecular formula is C21H21F4NO5S. The minimum atomic E-state index is -4.11. The lowest BCUT2D eigenvalue weighted by Crippen LogP contribution is -2.51. The van der Waals surface area contributed by atoms with E-state index in [0.29, 0.717) is 12.8 Å². The Balaban J connectivity index is 1.88. The zero-order chi connectivity index (χ0) is 23.5. The Morgan fingerprint density at radius 1 is 1.06 bits per heavy atom. The number of nitrogens with one attached hydrogen (secondary N) is 1. The highest BCUT2D eigenvalue weighted by molar-refractivity contribution is 7.91. The Bertz CT molecular complexity index is 1040.